The van der Waals surface area contributed by atoms with E-state index in [9.17, 15) is 19.2 Å². The van der Waals surface area contributed by atoms with E-state index in [-0.39, 0.29) is 28.4 Å². The molecule has 0 radical (unpaired) electrons. The first-order valence-electron chi connectivity index (χ1n) is 9.95. The zero-order valence-corrected chi connectivity index (χ0v) is 17.9. The third kappa shape index (κ3) is 3.92. The number of carbonyl (C=O) groups excluding carboxylic acids is 4. The monoisotopic (exact) mass is 410 g/mol. The normalized spacial score (nSPS) is 13.2. The number of carbonyl (C=O) groups is 4. The first-order chi connectivity index (χ1) is 14.1. The molecule has 0 saturated heterocycles. The quantitative estimate of drug-likeness (QED) is 0.397. The molecule has 1 aromatic heterocycles. The average molecular weight is 410 g/mol. The second-order valence-electron chi connectivity index (χ2n) is 8.05. The second-order valence-corrected chi connectivity index (χ2v) is 8.05. The number of hydrogen-bond acceptors (Lipinski definition) is 5. The van der Waals surface area contributed by atoms with Gasteiger partial charge in [-0.05, 0) is 50.5 Å². The Kier molecular flexibility index (Phi) is 5.92. The van der Waals surface area contributed by atoms with E-state index < -0.39 is 18.5 Å². The van der Waals surface area contributed by atoms with Gasteiger partial charge in [0.2, 0.25) is 5.78 Å². The summed E-state index contributed by atoms with van der Waals surface area (Å²) in [6.45, 7) is 7.71. The van der Waals surface area contributed by atoms with Crippen molar-refractivity contribution in [2.45, 2.75) is 34.1 Å². The molecule has 0 spiro atoms. The van der Waals surface area contributed by atoms with Crippen molar-refractivity contribution in [3.05, 3.63) is 57.9 Å². The smallest absolute Gasteiger partial charge is 0.338 e. The zero-order chi connectivity index (χ0) is 22.2. The SMILES string of the molecule is Cc1cc(C(=O)COC(=O)c2ccc3c(c2)C(=O)N(CCC(C)C)C3=O)c(C)n1C. The molecule has 2 heterocycles. The van der Waals surface area contributed by atoms with E-state index in [1.807, 2.05) is 39.3 Å². The van der Waals surface area contributed by atoms with Crippen molar-refractivity contribution >= 4 is 23.6 Å². The minimum absolute atomic E-state index is 0.134. The fraction of sp³-hybridized carbons (Fsp3) is 0.391. The summed E-state index contributed by atoms with van der Waals surface area (Å²) in [6, 6.07) is 6.04. The highest BCUT2D eigenvalue weighted by atomic mass is 16.5. The number of aryl methyl sites for hydroxylation is 1. The van der Waals surface area contributed by atoms with E-state index in [0.717, 1.165) is 11.4 Å². The number of esters is 1. The lowest BCUT2D eigenvalue weighted by atomic mass is 10.1. The van der Waals surface area contributed by atoms with Crippen molar-refractivity contribution < 1.29 is 23.9 Å². The molecule has 30 heavy (non-hydrogen) atoms. The maximum absolute atomic E-state index is 12.6. The van der Waals surface area contributed by atoms with Gasteiger partial charge in [0.15, 0.2) is 6.61 Å². The van der Waals surface area contributed by atoms with Crippen molar-refractivity contribution in [2.75, 3.05) is 13.2 Å². The number of benzene rings is 1. The molecule has 0 unspecified atom stereocenters. The fourth-order valence-corrected chi connectivity index (χ4v) is 3.44. The van der Waals surface area contributed by atoms with E-state index in [2.05, 4.69) is 0 Å². The Morgan fingerprint density at radius 3 is 2.30 bits per heavy atom. The lowest BCUT2D eigenvalue weighted by Crippen LogP contribution is -2.31. The van der Waals surface area contributed by atoms with Crippen LogP contribution in [-0.2, 0) is 11.8 Å². The Bertz CT molecular complexity index is 1050. The first-order valence-corrected chi connectivity index (χ1v) is 9.95. The van der Waals surface area contributed by atoms with Crippen LogP contribution in [0.4, 0.5) is 0 Å². The molecule has 3 rings (SSSR count). The van der Waals surface area contributed by atoms with Crippen LogP contribution in [0.1, 0.15) is 73.1 Å². The molecule has 2 aromatic rings. The van der Waals surface area contributed by atoms with E-state index in [4.69, 9.17) is 4.74 Å². The van der Waals surface area contributed by atoms with E-state index in [1.54, 1.807) is 6.07 Å². The first kappa shape index (κ1) is 21.5. The number of fused-ring (bicyclic) bond motifs is 1. The number of aromatic nitrogens is 1. The van der Waals surface area contributed by atoms with Gasteiger partial charge < -0.3 is 9.30 Å². The summed E-state index contributed by atoms with van der Waals surface area (Å²) >= 11 is 0. The summed E-state index contributed by atoms with van der Waals surface area (Å²) in [6.07, 6.45) is 0.709. The molecular weight excluding hydrogens is 384 g/mol. The van der Waals surface area contributed by atoms with Gasteiger partial charge in [-0.3, -0.25) is 19.3 Å². The summed E-state index contributed by atoms with van der Waals surface area (Å²) in [5, 5.41) is 0. The maximum atomic E-state index is 12.6. The maximum Gasteiger partial charge on any atom is 0.338 e. The highest BCUT2D eigenvalue weighted by Gasteiger charge is 2.35. The molecule has 0 bridgehead atoms. The predicted molar refractivity (Wildman–Crippen MR) is 111 cm³/mol. The third-order valence-electron chi connectivity index (χ3n) is 5.55. The molecule has 0 fully saturated rings. The van der Waals surface area contributed by atoms with Gasteiger partial charge in [0.05, 0.1) is 16.7 Å². The molecule has 1 aliphatic heterocycles. The van der Waals surface area contributed by atoms with Gasteiger partial charge in [-0.15, -0.1) is 0 Å². The standard InChI is InChI=1S/C23H26N2O5/c1-13(2)8-9-25-21(27)17-7-6-16(11-19(17)22(25)28)23(29)30-12-20(26)18-10-14(3)24(5)15(18)4/h6-7,10-11,13H,8-9,12H2,1-5H3. The van der Waals surface area contributed by atoms with Gasteiger partial charge in [-0.25, -0.2) is 4.79 Å². The molecule has 0 atom stereocenters. The van der Waals surface area contributed by atoms with Crippen LogP contribution in [0.25, 0.3) is 0 Å². The molecule has 158 valence electrons. The lowest BCUT2D eigenvalue weighted by molar-refractivity contribution is 0.0474. The van der Waals surface area contributed by atoms with Crippen LogP contribution in [0.2, 0.25) is 0 Å². The third-order valence-corrected chi connectivity index (χ3v) is 5.55. The average Bonchev–Trinajstić information content (AvgIpc) is 3.11. The summed E-state index contributed by atoms with van der Waals surface area (Å²) in [5.41, 5.74) is 2.86. The number of nitrogens with zero attached hydrogens (tertiary/aromatic N) is 2. The molecule has 0 saturated carbocycles. The number of hydrogen-bond donors (Lipinski definition) is 0. The van der Waals surface area contributed by atoms with Gasteiger partial charge >= 0.3 is 5.97 Å². The van der Waals surface area contributed by atoms with Crippen molar-refractivity contribution in [3.8, 4) is 0 Å². The Hall–Kier alpha value is -3.22. The number of imide groups is 1. The van der Waals surface area contributed by atoms with Crippen molar-refractivity contribution in [1.29, 1.82) is 0 Å². The summed E-state index contributed by atoms with van der Waals surface area (Å²) < 4.78 is 7.06. The molecule has 0 N–H and O–H groups in total. The minimum Gasteiger partial charge on any atom is -0.454 e. The number of amides is 2. The van der Waals surface area contributed by atoms with E-state index in [1.165, 1.54) is 23.1 Å². The largest absolute Gasteiger partial charge is 0.454 e. The van der Waals surface area contributed by atoms with Gasteiger partial charge in [0, 0.05) is 30.5 Å². The Balaban J connectivity index is 1.70. The molecule has 7 nitrogen and oxygen atoms in total. The number of rotatable bonds is 7. The number of ether oxygens (including phenoxy) is 1. The number of Topliss-reactive ketones (excluding diaryl/α,β-unsaturated/α-hetero) is 1. The van der Waals surface area contributed by atoms with Crippen molar-refractivity contribution in [1.82, 2.24) is 9.47 Å². The van der Waals surface area contributed by atoms with Crippen molar-refractivity contribution in [3.63, 3.8) is 0 Å². The van der Waals surface area contributed by atoms with Gasteiger partial charge in [-0.1, -0.05) is 13.8 Å². The Labute approximate surface area is 175 Å². The van der Waals surface area contributed by atoms with Crippen LogP contribution >= 0.6 is 0 Å². The topological polar surface area (TPSA) is 85.7 Å². The van der Waals surface area contributed by atoms with Gasteiger partial charge in [-0.2, -0.15) is 0 Å². The Morgan fingerprint density at radius 1 is 1.03 bits per heavy atom. The van der Waals surface area contributed by atoms with Crippen LogP contribution in [0, 0.1) is 19.8 Å². The highest BCUT2D eigenvalue weighted by molar-refractivity contribution is 6.22. The molecule has 1 aliphatic rings. The number of ketones is 1. The van der Waals surface area contributed by atoms with Crippen LogP contribution in [0.5, 0.6) is 0 Å². The van der Waals surface area contributed by atoms with Crippen LogP contribution in [-0.4, -0.2) is 46.2 Å². The summed E-state index contributed by atoms with van der Waals surface area (Å²) in [4.78, 5) is 51.2. The molecule has 2 amide bonds. The van der Waals surface area contributed by atoms with Crippen LogP contribution in [0.3, 0.4) is 0 Å². The van der Waals surface area contributed by atoms with Gasteiger partial charge in [0.1, 0.15) is 0 Å². The van der Waals surface area contributed by atoms with Gasteiger partial charge in [0.25, 0.3) is 11.8 Å². The second kappa shape index (κ2) is 8.26. The van der Waals surface area contributed by atoms with E-state index in [0.29, 0.717) is 24.4 Å². The minimum atomic E-state index is -0.711. The Morgan fingerprint density at radius 2 is 1.70 bits per heavy atom. The summed E-state index contributed by atoms with van der Waals surface area (Å²) in [7, 11) is 1.86. The fourth-order valence-electron chi connectivity index (χ4n) is 3.44. The highest BCUT2D eigenvalue weighted by Crippen LogP contribution is 2.25. The molecular formula is C23H26N2O5. The van der Waals surface area contributed by atoms with Crippen LogP contribution in [0.15, 0.2) is 24.3 Å². The van der Waals surface area contributed by atoms with E-state index >= 15 is 0 Å². The molecule has 7 heteroatoms. The predicted octanol–water partition coefficient (Wildman–Crippen LogP) is 3.32. The van der Waals surface area contributed by atoms with Crippen molar-refractivity contribution in [2.24, 2.45) is 13.0 Å². The molecule has 1 aromatic carbocycles. The molecule has 0 aliphatic carbocycles. The lowest BCUT2D eigenvalue weighted by Gasteiger charge is -2.14. The zero-order valence-electron chi connectivity index (χ0n) is 17.9. The summed E-state index contributed by atoms with van der Waals surface area (Å²) in [5.74, 6) is -1.40. The van der Waals surface area contributed by atoms with Crippen LogP contribution < -0.4 is 0 Å².